The van der Waals surface area contributed by atoms with E-state index in [1.165, 1.54) is 4.90 Å². The molecule has 2 amide bonds. The zero-order valence-corrected chi connectivity index (χ0v) is 21.7. The van der Waals surface area contributed by atoms with E-state index in [0.29, 0.717) is 32.9 Å². The first-order valence-corrected chi connectivity index (χ1v) is 12.0. The predicted octanol–water partition coefficient (Wildman–Crippen LogP) is 5.37. The molecular weight excluding hydrogens is 494 g/mol. The van der Waals surface area contributed by atoms with Crippen LogP contribution in [0.5, 0.6) is 0 Å². The van der Waals surface area contributed by atoms with Crippen LogP contribution < -0.4 is 15.1 Å². The Morgan fingerprint density at radius 3 is 2.56 bits per heavy atom. The van der Waals surface area contributed by atoms with Gasteiger partial charge in [-0.25, -0.2) is 4.85 Å². The van der Waals surface area contributed by atoms with Gasteiger partial charge in [0.1, 0.15) is 5.54 Å². The molecule has 0 spiro atoms. The van der Waals surface area contributed by atoms with Crippen LogP contribution in [0.15, 0.2) is 60.8 Å². The number of aromatic nitrogens is 1. The van der Waals surface area contributed by atoms with E-state index >= 15 is 0 Å². The van der Waals surface area contributed by atoms with E-state index in [9.17, 15) is 9.59 Å². The lowest BCUT2D eigenvalue weighted by atomic mass is 10.0. The molecule has 4 rings (SSSR count). The fourth-order valence-electron chi connectivity index (χ4n) is 4.10. The van der Waals surface area contributed by atoms with Crippen molar-refractivity contribution >= 4 is 57.8 Å². The number of aryl methyl sites for hydroxylation is 1. The summed E-state index contributed by atoms with van der Waals surface area (Å²) in [5.41, 5.74) is 3.06. The zero-order valence-electron chi connectivity index (χ0n) is 20.1. The number of hydrogen-bond acceptors (Lipinski definition) is 4. The van der Waals surface area contributed by atoms with Gasteiger partial charge in [0.05, 0.1) is 13.0 Å². The summed E-state index contributed by atoms with van der Waals surface area (Å²) in [5, 5.41) is 3.64. The van der Waals surface area contributed by atoms with Crippen molar-refractivity contribution in [3.63, 3.8) is 0 Å². The Morgan fingerprint density at radius 1 is 1.17 bits per heavy atom. The third-order valence-corrected chi connectivity index (χ3v) is 6.78. The quantitative estimate of drug-likeness (QED) is 0.351. The van der Waals surface area contributed by atoms with E-state index in [2.05, 4.69) is 15.1 Å². The van der Waals surface area contributed by atoms with Crippen LogP contribution in [0.4, 0.5) is 17.1 Å². The molecule has 0 unspecified atom stereocenters. The van der Waals surface area contributed by atoms with Crippen molar-refractivity contribution in [3.8, 4) is 0 Å². The molecule has 182 valence electrons. The first kappa shape index (κ1) is 25.3. The largest absolute Gasteiger partial charge is 0.352 e. The van der Waals surface area contributed by atoms with Gasteiger partial charge in [-0.2, -0.15) is 0 Å². The summed E-state index contributed by atoms with van der Waals surface area (Å²) in [6, 6.07) is 16.1. The number of anilines is 2. The van der Waals surface area contributed by atoms with Crippen molar-refractivity contribution in [2.45, 2.75) is 39.3 Å². The summed E-state index contributed by atoms with van der Waals surface area (Å²) in [7, 11) is 0. The highest BCUT2D eigenvalue weighted by molar-refractivity contribution is 7.81. The lowest BCUT2D eigenvalue weighted by Crippen LogP contribution is -2.44. The molecule has 0 radical (unpaired) electrons. The monoisotopic (exact) mass is 517 g/mol. The summed E-state index contributed by atoms with van der Waals surface area (Å²) in [6.07, 6.45) is 1.83. The molecule has 36 heavy (non-hydrogen) atoms. The standard InChI is InChI=1S/C27H24ClN5O2S/c1-17-13-20(10-11-23(17)29-4)32-25(35)27(2,3)33(26(32)36)21-9-8-18(22(28)15-21)16-31-24(34)14-19-7-5-6-12-30-19/h5-13,15H,14,16H2,1-3H3,(H,31,34). The number of amides is 2. The predicted molar refractivity (Wildman–Crippen MR) is 145 cm³/mol. The summed E-state index contributed by atoms with van der Waals surface area (Å²) < 4.78 is 0. The number of pyridine rings is 1. The van der Waals surface area contributed by atoms with E-state index < -0.39 is 5.54 Å². The third kappa shape index (κ3) is 4.81. The number of nitrogens with one attached hydrogen (secondary N) is 1. The van der Waals surface area contributed by atoms with Gasteiger partial charge < -0.3 is 10.2 Å². The molecule has 7 nitrogen and oxygen atoms in total. The van der Waals surface area contributed by atoms with Crippen LogP contribution in [0.3, 0.4) is 0 Å². The van der Waals surface area contributed by atoms with Gasteiger partial charge in [0.25, 0.3) is 5.91 Å². The van der Waals surface area contributed by atoms with Gasteiger partial charge in [0.2, 0.25) is 5.91 Å². The molecule has 0 atom stereocenters. The van der Waals surface area contributed by atoms with Crippen LogP contribution in [0.25, 0.3) is 4.85 Å². The molecule has 2 heterocycles. The highest BCUT2D eigenvalue weighted by Gasteiger charge is 2.50. The molecule has 0 aliphatic carbocycles. The molecular formula is C27H24ClN5O2S. The smallest absolute Gasteiger partial charge is 0.259 e. The molecule has 1 saturated heterocycles. The topological polar surface area (TPSA) is 69.9 Å². The SMILES string of the molecule is [C-]#[N+]c1ccc(N2C(=O)C(C)(C)N(c3ccc(CNC(=O)Cc4ccccn4)c(Cl)c3)C2=S)cc1C. The number of carbonyl (C=O) groups excluding carboxylic acids is 2. The Morgan fingerprint density at radius 2 is 1.92 bits per heavy atom. The average molecular weight is 518 g/mol. The minimum absolute atomic E-state index is 0.156. The second kappa shape index (κ2) is 10.1. The minimum atomic E-state index is -0.953. The summed E-state index contributed by atoms with van der Waals surface area (Å²) in [6.45, 7) is 13.0. The summed E-state index contributed by atoms with van der Waals surface area (Å²) in [5.74, 6) is -0.332. The van der Waals surface area contributed by atoms with Crippen molar-refractivity contribution in [1.29, 1.82) is 0 Å². The highest BCUT2D eigenvalue weighted by atomic mass is 35.5. The van der Waals surface area contributed by atoms with Crippen LogP contribution in [0, 0.1) is 13.5 Å². The fraction of sp³-hybridized carbons (Fsp3) is 0.222. The van der Waals surface area contributed by atoms with Gasteiger partial charge >= 0.3 is 0 Å². The van der Waals surface area contributed by atoms with Gasteiger partial charge in [0, 0.05) is 34.8 Å². The van der Waals surface area contributed by atoms with E-state index in [-0.39, 0.29) is 24.8 Å². The first-order valence-electron chi connectivity index (χ1n) is 11.3. The molecule has 1 fully saturated rings. The molecule has 0 saturated carbocycles. The first-order chi connectivity index (χ1) is 17.1. The Balaban J connectivity index is 1.53. The zero-order chi connectivity index (χ0) is 26.0. The molecule has 9 heteroatoms. The number of rotatable bonds is 6. The van der Waals surface area contributed by atoms with Gasteiger partial charge in [-0.05, 0) is 80.5 Å². The van der Waals surface area contributed by atoms with Crippen molar-refractivity contribution in [2.24, 2.45) is 0 Å². The minimum Gasteiger partial charge on any atom is -0.352 e. The van der Waals surface area contributed by atoms with E-state index in [1.807, 2.05) is 39.0 Å². The van der Waals surface area contributed by atoms with Crippen molar-refractivity contribution < 1.29 is 9.59 Å². The van der Waals surface area contributed by atoms with Gasteiger partial charge in [0.15, 0.2) is 10.8 Å². The normalized spacial score (nSPS) is 14.6. The van der Waals surface area contributed by atoms with Crippen LogP contribution in [0.2, 0.25) is 5.02 Å². The van der Waals surface area contributed by atoms with Gasteiger partial charge in [-0.3, -0.25) is 19.5 Å². The lowest BCUT2D eigenvalue weighted by molar-refractivity contribution is -0.121. The fourth-order valence-corrected chi connectivity index (χ4v) is 4.87. The van der Waals surface area contributed by atoms with Gasteiger partial charge in [-0.1, -0.05) is 29.8 Å². The Kier molecular flexibility index (Phi) is 7.07. The molecule has 0 bridgehead atoms. The lowest BCUT2D eigenvalue weighted by Gasteiger charge is -2.29. The molecule has 1 aliphatic rings. The Hall–Kier alpha value is -3.80. The highest BCUT2D eigenvalue weighted by Crippen LogP contribution is 2.38. The van der Waals surface area contributed by atoms with Crippen LogP contribution >= 0.6 is 23.8 Å². The second-order valence-electron chi connectivity index (χ2n) is 8.95. The van der Waals surface area contributed by atoms with Crippen LogP contribution in [0.1, 0.15) is 30.7 Å². The second-order valence-corrected chi connectivity index (χ2v) is 9.72. The van der Waals surface area contributed by atoms with E-state index in [0.717, 1.165) is 11.1 Å². The molecule has 2 aromatic carbocycles. The maximum atomic E-state index is 13.4. The number of nitrogens with zero attached hydrogens (tertiary/aromatic N) is 4. The van der Waals surface area contributed by atoms with Crippen molar-refractivity contribution in [2.75, 3.05) is 9.80 Å². The maximum Gasteiger partial charge on any atom is 0.259 e. The molecule has 1 N–H and O–H groups in total. The number of halogens is 1. The average Bonchev–Trinajstić information content (AvgIpc) is 3.02. The summed E-state index contributed by atoms with van der Waals surface area (Å²) in [4.78, 5) is 36.6. The molecule has 1 aromatic heterocycles. The Labute approximate surface area is 220 Å². The molecule has 1 aliphatic heterocycles. The number of benzene rings is 2. The number of thiocarbonyl (C=S) groups is 1. The number of carbonyl (C=O) groups is 2. The molecule has 3 aromatic rings. The van der Waals surface area contributed by atoms with E-state index in [1.54, 1.807) is 47.5 Å². The van der Waals surface area contributed by atoms with Crippen LogP contribution in [-0.2, 0) is 22.6 Å². The Bertz CT molecular complexity index is 1400. The summed E-state index contributed by atoms with van der Waals surface area (Å²) >= 11 is 12.3. The van der Waals surface area contributed by atoms with Crippen LogP contribution in [-0.4, -0.2) is 27.4 Å². The van der Waals surface area contributed by atoms with Crippen molar-refractivity contribution in [1.82, 2.24) is 10.3 Å². The third-order valence-electron chi connectivity index (χ3n) is 6.07. The maximum absolute atomic E-state index is 13.4. The van der Waals surface area contributed by atoms with Crippen molar-refractivity contribution in [3.05, 3.63) is 94.1 Å². The van der Waals surface area contributed by atoms with Gasteiger partial charge in [-0.15, -0.1) is 0 Å². The van der Waals surface area contributed by atoms with E-state index in [4.69, 9.17) is 30.4 Å². The number of hydrogen-bond donors (Lipinski definition) is 1.